The van der Waals surface area contributed by atoms with Gasteiger partial charge in [0.25, 0.3) is 5.91 Å². The molecule has 2 aromatic carbocycles. The third-order valence-electron chi connectivity index (χ3n) is 5.48. The summed E-state index contributed by atoms with van der Waals surface area (Å²) < 4.78 is 0. The molecule has 0 fully saturated rings. The van der Waals surface area contributed by atoms with E-state index in [0.29, 0.717) is 0 Å². The highest BCUT2D eigenvalue weighted by molar-refractivity contribution is 6.37. The van der Waals surface area contributed by atoms with Gasteiger partial charge in [0.15, 0.2) is 0 Å². The van der Waals surface area contributed by atoms with Gasteiger partial charge in [-0.3, -0.25) is 9.69 Å². The molecule has 2 aliphatic rings. The summed E-state index contributed by atoms with van der Waals surface area (Å²) in [6.07, 6.45) is 6.19. The van der Waals surface area contributed by atoms with Crippen LogP contribution in [0.1, 0.15) is 37.5 Å². The zero-order valence-corrected chi connectivity index (χ0v) is 15.1. The van der Waals surface area contributed by atoms with Crippen LogP contribution in [0.4, 0.5) is 5.69 Å². The van der Waals surface area contributed by atoms with Gasteiger partial charge >= 0.3 is 0 Å². The molecule has 5 rings (SSSR count). The van der Waals surface area contributed by atoms with E-state index < -0.39 is 0 Å². The van der Waals surface area contributed by atoms with Crippen molar-refractivity contribution < 1.29 is 4.79 Å². The van der Waals surface area contributed by atoms with Crippen molar-refractivity contribution in [2.75, 3.05) is 4.90 Å². The minimum absolute atomic E-state index is 0.0754. The van der Waals surface area contributed by atoms with Crippen molar-refractivity contribution in [3.8, 4) is 0 Å². The molecular weight excluding hydrogens is 320 g/mol. The van der Waals surface area contributed by atoms with Gasteiger partial charge < -0.3 is 4.98 Å². The van der Waals surface area contributed by atoms with Crippen LogP contribution in [0.25, 0.3) is 28.1 Å². The van der Waals surface area contributed by atoms with Crippen molar-refractivity contribution in [2.45, 2.75) is 26.3 Å². The van der Waals surface area contributed by atoms with Crippen LogP contribution in [-0.4, -0.2) is 16.4 Å². The second-order valence-corrected chi connectivity index (χ2v) is 7.67. The molecule has 1 aromatic heterocycles. The average Bonchev–Trinajstić information content (AvgIpc) is 3.14. The Morgan fingerprint density at radius 2 is 1.81 bits per heavy atom. The quantitative estimate of drug-likeness (QED) is 0.603. The molecule has 26 heavy (non-hydrogen) atoms. The number of hydrogen-bond acceptors (Lipinski definition) is 1. The number of hydrogen-bond donors (Lipinski definition) is 1. The predicted molar refractivity (Wildman–Crippen MR) is 108 cm³/mol. The van der Waals surface area contributed by atoms with Crippen LogP contribution in [0.3, 0.4) is 0 Å². The number of aromatic nitrogens is 1. The first-order valence-electron chi connectivity index (χ1n) is 8.93. The maximum absolute atomic E-state index is 13.4. The van der Waals surface area contributed by atoms with Crippen LogP contribution >= 0.6 is 0 Å². The van der Waals surface area contributed by atoms with E-state index in [1.54, 1.807) is 0 Å². The summed E-state index contributed by atoms with van der Waals surface area (Å²) in [5.74, 6) is 0.0754. The third-order valence-corrected chi connectivity index (χ3v) is 5.48. The Hall–Kier alpha value is -3.07. The summed E-state index contributed by atoms with van der Waals surface area (Å²) in [5.41, 5.74) is 7.01. The lowest BCUT2D eigenvalue weighted by molar-refractivity contribution is -0.113. The van der Waals surface area contributed by atoms with E-state index in [1.165, 1.54) is 5.57 Å². The number of aromatic amines is 1. The molecule has 1 amide bonds. The number of amides is 1. The number of fused-ring (bicyclic) bond motifs is 1. The zero-order chi connectivity index (χ0) is 18.1. The van der Waals surface area contributed by atoms with Crippen molar-refractivity contribution in [2.24, 2.45) is 0 Å². The second kappa shape index (κ2) is 4.98. The highest BCUT2D eigenvalue weighted by Crippen LogP contribution is 2.49. The van der Waals surface area contributed by atoms with Crippen LogP contribution in [0.5, 0.6) is 0 Å². The van der Waals surface area contributed by atoms with E-state index in [9.17, 15) is 4.79 Å². The van der Waals surface area contributed by atoms with Crippen LogP contribution in [0.15, 0.2) is 54.7 Å². The van der Waals surface area contributed by atoms with E-state index in [4.69, 9.17) is 0 Å². The first-order valence-corrected chi connectivity index (χ1v) is 8.93. The highest BCUT2D eigenvalue weighted by Gasteiger charge is 2.44. The summed E-state index contributed by atoms with van der Waals surface area (Å²) in [6, 6.07) is 14.4. The number of rotatable bonds is 1. The highest BCUT2D eigenvalue weighted by atomic mass is 16.2. The second-order valence-electron chi connectivity index (χ2n) is 7.67. The van der Waals surface area contributed by atoms with Gasteiger partial charge in [0.05, 0.1) is 11.2 Å². The van der Waals surface area contributed by atoms with Crippen LogP contribution in [-0.2, 0) is 4.79 Å². The summed E-state index contributed by atoms with van der Waals surface area (Å²) in [6.45, 7) is 6.33. The van der Waals surface area contributed by atoms with E-state index in [-0.39, 0.29) is 11.4 Å². The fourth-order valence-electron chi connectivity index (χ4n) is 4.39. The third kappa shape index (κ3) is 1.91. The first-order chi connectivity index (χ1) is 12.5. The molecule has 0 spiro atoms. The van der Waals surface area contributed by atoms with Gasteiger partial charge in [0.2, 0.25) is 0 Å². The number of carbonyl (C=O) groups is 1. The van der Waals surface area contributed by atoms with E-state index >= 15 is 0 Å². The molecule has 3 aromatic rings. The molecular formula is C23H20N2O. The van der Waals surface area contributed by atoms with Crippen LogP contribution in [0.2, 0.25) is 0 Å². The van der Waals surface area contributed by atoms with E-state index in [0.717, 1.165) is 38.9 Å². The van der Waals surface area contributed by atoms with Crippen LogP contribution in [0, 0.1) is 0 Å². The summed E-state index contributed by atoms with van der Waals surface area (Å²) in [5, 5.41) is 1.13. The van der Waals surface area contributed by atoms with E-state index in [1.807, 2.05) is 35.4 Å². The molecule has 0 aliphatic carbocycles. The Morgan fingerprint density at radius 3 is 2.65 bits per heavy atom. The summed E-state index contributed by atoms with van der Waals surface area (Å²) in [7, 11) is 0. The monoisotopic (exact) mass is 340 g/mol. The number of carbonyl (C=O) groups excluding carboxylic acids is 1. The number of allylic oxidation sites excluding steroid dienone is 1. The maximum Gasteiger partial charge on any atom is 0.259 e. The molecule has 3 nitrogen and oxygen atoms in total. The van der Waals surface area contributed by atoms with Crippen molar-refractivity contribution in [1.29, 1.82) is 0 Å². The number of benzene rings is 2. The largest absolute Gasteiger partial charge is 0.361 e. The standard InChI is InChI=1S/C23H20N2O/c1-14-12-23(2,3)25-21-16(14)8-6-9-18(21)19(22(25)26)11-15-13-24-20-10-5-4-7-17(15)20/h4-13,24H,1-3H3. The smallest absolute Gasteiger partial charge is 0.259 e. The van der Waals surface area contributed by atoms with Crippen molar-refractivity contribution in [3.63, 3.8) is 0 Å². The van der Waals surface area contributed by atoms with Gasteiger partial charge in [-0.2, -0.15) is 0 Å². The molecule has 0 saturated heterocycles. The van der Waals surface area contributed by atoms with Crippen molar-refractivity contribution >= 4 is 39.7 Å². The fraction of sp³-hybridized carbons (Fsp3) is 0.174. The zero-order valence-electron chi connectivity index (χ0n) is 15.1. The molecule has 0 saturated carbocycles. The Morgan fingerprint density at radius 1 is 1.04 bits per heavy atom. The number of anilines is 1. The predicted octanol–water partition coefficient (Wildman–Crippen LogP) is 5.25. The molecule has 3 heterocycles. The fourth-order valence-corrected chi connectivity index (χ4v) is 4.39. The Balaban J connectivity index is 1.76. The topological polar surface area (TPSA) is 36.1 Å². The molecule has 0 atom stereocenters. The Labute approximate surface area is 152 Å². The average molecular weight is 340 g/mol. The Bertz CT molecular complexity index is 1140. The normalized spacial score (nSPS) is 19.2. The molecule has 128 valence electrons. The van der Waals surface area contributed by atoms with Gasteiger partial charge in [-0.05, 0) is 38.5 Å². The number of para-hydroxylation sites is 2. The van der Waals surface area contributed by atoms with Crippen LogP contribution < -0.4 is 4.90 Å². The summed E-state index contributed by atoms with van der Waals surface area (Å²) >= 11 is 0. The molecule has 0 radical (unpaired) electrons. The maximum atomic E-state index is 13.4. The van der Waals surface area contributed by atoms with Crippen molar-refractivity contribution in [3.05, 3.63) is 71.4 Å². The lowest BCUT2D eigenvalue weighted by Gasteiger charge is -2.38. The number of nitrogens with one attached hydrogen (secondary N) is 1. The minimum atomic E-state index is -0.333. The van der Waals surface area contributed by atoms with Crippen molar-refractivity contribution in [1.82, 2.24) is 4.98 Å². The van der Waals surface area contributed by atoms with Gasteiger partial charge in [-0.1, -0.05) is 42.5 Å². The first kappa shape index (κ1) is 15.2. The molecule has 2 aliphatic heterocycles. The summed E-state index contributed by atoms with van der Waals surface area (Å²) in [4.78, 5) is 18.6. The SMILES string of the molecule is CC1=CC(C)(C)N2C(=O)C(=Cc3c[nH]c4ccccc34)c3cccc1c32. The molecule has 3 heteroatoms. The molecule has 0 bridgehead atoms. The molecule has 0 unspecified atom stereocenters. The number of H-pyrrole nitrogens is 1. The molecule has 1 N–H and O–H groups in total. The van der Waals surface area contributed by atoms with Gasteiger partial charge in [-0.25, -0.2) is 0 Å². The van der Waals surface area contributed by atoms with Gasteiger partial charge in [-0.15, -0.1) is 0 Å². The van der Waals surface area contributed by atoms with Gasteiger partial charge in [0.1, 0.15) is 0 Å². The van der Waals surface area contributed by atoms with Gasteiger partial charge in [0, 0.05) is 39.4 Å². The Kier molecular flexibility index (Phi) is 2.91. The number of nitrogens with zero attached hydrogens (tertiary/aromatic N) is 1. The minimum Gasteiger partial charge on any atom is -0.361 e. The van der Waals surface area contributed by atoms with E-state index in [2.05, 4.69) is 56.1 Å². The lowest BCUT2D eigenvalue weighted by atomic mass is 9.89. The lowest BCUT2D eigenvalue weighted by Crippen LogP contribution is -2.46.